The number of carbonyl (C=O) groups is 1. The Kier molecular flexibility index (Phi) is 6.32. The summed E-state index contributed by atoms with van der Waals surface area (Å²) in [5, 5.41) is 18.4. The number of sulfonamides is 1. The van der Waals surface area contributed by atoms with Gasteiger partial charge in [-0.2, -0.15) is 0 Å². The molecule has 0 aliphatic rings. The van der Waals surface area contributed by atoms with Crippen LogP contribution in [-0.2, 0) is 15.8 Å². The summed E-state index contributed by atoms with van der Waals surface area (Å²) in [6.45, 7) is 3.87. The minimum absolute atomic E-state index is 0.0201. The van der Waals surface area contributed by atoms with E-state index in [0.717, 1.165) is 0 Å². The normalized spacial score (nSPS) is 13.3. The Morgan fingerprint density at radius 1 is 1.24 bits per heavy atom. The van der Waals surface area contributed by atoms with Crippen LogP contribution < -0.4 is 4.72 Å². The largest absolute Gasteiger partial charge is 0.478 e. The van der Waals surface area contributed by atoms with Crippen molar-refractivity contribution >= 4 is 16.0 Å². The van der Waals surface area contributed by atoms with Gasteiger partial charge in [0.2, 0.25) is 10.0 Å². The first-order valence-electron chi connectivity index (χ1n) is 6.67. The van der Waals surface area contributed by atoms with Gasteiger partial charge >= 0.3 is 5.97 Å². The first kappa shape index (κ1) is 17.6. The molecule has 1 aromatic carbocycles. The molecule has 0 fully saturated rings. The van der Waals surface area contributed by atoms with E-state index >= 15 is 0 Å². The van der Waals surface area contributed by atoms with Crippen LogP contribution in [0.15, 0.2) is 24.3 Å². The second-order valence-corrected chi connectivity index (χ2v) is 7.20. The van der Waals surface area contributed by atoms with E-state index in [1.165, 1.54) is 24.3 Å². The second kappa shape index (κ2) is 7.53. The zero-order chi connectivity index (χ0) is 16.0. The van der Waals surface area contributed by atoms with Crippen molar-refractivity contribution in [1.29, 1.82) is 0 Å². The molecule has 1 aromatic rings. The summed E-state index contributed by atoms with van der Waals surface area (Å²) in [6.07, 6.45) is -0.190. The monoisotopic (exact) mass is 315 g/mol. The summed E-state index contributed by atoms with van der Waals surface area (Å²) in [5.74, 6) is -1.02. The van der Waals surface area contributed by atoms with Crippen LogP contribution in [0.2, 0.25) is 0 Å². The summed E-state index contributed by atoms with van der Waals surface area (Å²) in [5.41, 5.74) is 0.599. The second-order valence-electron chi connectivity index (χ2n) is 5.39. The number of carboxylic acids is 1. The minimum Gasteiger partial charge on any atom is -0.478 e. The molecule has 0 bridgehead atoms. The molecule has 6 nitrogen and oxygen atoms in total. The number of aliphatic hydroxyl groups is 1. The molecular weight excluding hydrogens is 294 g/mol. The van der Waals surface area contributed by atoms with Gasteiger partial charge in [-0.3, -0.25) is 0 Å². The fourth-order valence-electron chi connectivity index (χ4n) is 1.86. The maximum atomic E-state index is 11.9. The van der Waals surface area contributed by atoms with E-state index in [2.05, 4.69) is 4.72 Å². The molecule has 0 heterocycles. The Hall–Kier alpha value is -1.44. The molecule has 0 aliphatic carbocycles. The summed E-state index contributed by atoms with van der Waals surface area (Å²) < 4.78 is 26.1. The summed E-state index contributed by atoms with van der Waals surface area (Å²) in [7, 11) is -3.56. The van der Waals surface area contributed by atoms with Crippen LogP contribution in [0.1, 0.15) is 36.2 Å². The van der Waals surface area contributed by atoms with Gasteiger partial charge in [-0.1, -0.05) is 26.0 Å². The Balaban J connectivity index is 2.57. The van der Waals surface area contributed by atoms with Gasteiger partial charge in [-0.15, -0.1) is 0 Å². The van der Waals surface area contributed by atoms with E-state index in [-0.39, 0.29) is 23.8 Å². The molecule has 0 radical (unpaired) electrons. The van der Waals surface area contributed by atoms with E-state index < -0.39 is 22.1 Å². The molecule has 7 heteroatoms. The van der Waals surface area contributed by atoms with E-state index in [1.807, 2.05) is 13.8 Å². The molecule has 0 saturated carbocycles. The summed E-state index contributed by atoms with van der Waals surface area (Å²) in [4.78, 5) is 10.7. The molecular formula is C14H21NO5S. The molecule has 1 rings (SSSR count). The highest BCUT2D eigenvalue weighted by Gasteiger charge is 2.15. The zero-order valence-electron chi connectivity index (χ0n) is 12.1. The van der Waals surface area contributed by atoms with Gasteiger partial charge in [-0.25, -0.2) is 17.9 Å². The highest BCUT2D eigenvalue weighted by Crippen LogP contribution is 2.09. The van der Waals surface area contributed by atoms with Crippen molar-refractivity contribution in [2.45, 2.75) is 32.1 Å². The molecule has 3 N–H and O–H groups in total. The number of aliphatic hydroxyl groups excluding tert-OH is 1. The summed E-state index contributed by atoms with van der Waals surface area (Å²) in [6, 6.07) is 5.65. The van der Waals surface area contributed by atoms with Gasteiger partial charge in [0.05, 0.1) is 17.4 Å². The lowest BCUT2D eigenvalue weighted by Gasteiger charge is -2.14. The molecule has 1 unspecified atom stereocenters. The van der Waals surface area contributed by atoms with Gasteiger partial charge in [0, 0.05) is 6.54 Å². The molecule has 1 atom stereocenters. The van der Waals surface area contributed by atoms with Crippen LogP contribution in [-0.4, -0.2) is 37.2 Å². The average molecular weight is 315 g/mol. The third-order valence-corrected chi connectivity index (χ3v) is 4.16. The maximum absolute atomic E-state index is 11.9. The molecule has 0 spiro atoms. The van der Waals surface area contributed by atoms with Crippen LogP contribution in [0.4, 0.5) is 0 Å². The first-order chi connectivity index (χ1) is 9.69. The van der Waals surface area contributed by atoms with E-state index in [9.17, 15) is 18.3 Å². The van der Waals surface area contributed by atoms with Crippen molar-refractivity contribution in [3.05, 3.63) is 35.4 Å². The zero-order valence-corrected chi connectivity index (χ0v) is 12.9. The Morgan fingerprint density at radius 3 is 2.29 bits per heavy atom. The quantitative estimate of drug-likeness (QED) is 0.669. The lowest BCUT2D eigenvalue weighted by Crippen LogP contribution is -2.33. The van der Waals surface area contributed by atoms with Crippen molar-refractivity contribution in [3.8, 4) is 0 Å². The predicted octanol–water partition coefficient (Wildman–Crippen LogP) is 1.21. The van der Waals surface area contributed by atoms with E-state index in [4.69, 9.17) is 5.11 Å². The number of hydrogen-bond donors (Lipinski definition) is 3. The maximum Gasteiger partial charge on any atom is 0.335 e. The molecule has 0 aromatic heterocycles. The first-order valence-corrected chi connectivity index (χ1v) is 8.32. The molecule has 21 heavy (non-hydrogen) atoms. The number of nitrogens with one attached hydrogen (secondary N) is 1. The standard InChI is InChI=1S/C14H21NO5S/c1-10(2)7-13(16)8-15-21(19,20)9-11-3-5-12(6-4-11)14(17)18/h3-6,10,13,15-16H,7-9H2,1-2H3,(H,17,18). The number of aromatic carboxylic acids is 1. The number of hydrogen-bond acceptors (Lipinski definition) is 4. The topological polar surface area (TPSA) is 104 Å². The number of benzene rings is 1. The van der Waals surface area contributed by atoms with Crippen LogP contribution in [0.25, 0.3) is 0 Å². The van der Waals surface area contributed by atoms with Crippen LogP contribution >= 0.6 is 0 Å². The average Bonchev–Trinajstić information content (AvgIpc) is 2.36. The van der Waals surface area contributed by atoms with E-state index in [0.29, 0.717) is 12.0 Å². The van der Waals surface area contributed by atoms with Crippen LogP contribution in [0.3, 0.4) is 0 Å². The highest BCUT2D eigenvalue weighted by atomic mass is 32.2. The fourth-order valence-corrected chi connectivity index (χ4v) is 3.04. The predicted molar refractivity (Wildman–Crippen MR) is 79.5 cm³/mol. The lowest BCUT2D eigenvalue weighted by atomic mass is 10.1. The van der Waals surface area contributed by atoms with Crippen molar-refractivity contribution in [2.75, 3.05) is 6.54 Å². The smallest absolute Gasteiger partial charge is 0.335 e. The van der Waals surface area contributed by atoms with Gasteiger partial charge in [0.25, 0.3) is 0 Å². The summed E-state index contributed by atoms with van der Waals surface area (Å²) >= 11 is 0. The number of rotatable bonds is 8. The van der Waals surface area contributed by atoms with Gasteiger partial charge in [-0.05, 0) is 30.0 Å². The Labute approximate surface area is 124 Å². The highest BCUT2D eigenvalue weighted by molar-refractivity contribution is 7.88. The number of carboxylic acid groups (broad SMARTS) is 1. The SMILES string of the molecule is CC(C)CC(O)CNS(=O)(=O)Cc1ccc(C(=O)O)cc1. The van der Waals surface area contributed by atoms with Gasteiger partial charge in [0.15, 0.2) is 0 Å². The lowest BCUT2D eigenvalue weighted by molar-refractivity contribution is 0.0697. The fraction of sp³-hybridized carbons (Fsp3) is 0.500. The Morgan fingerprint density at radius 2 is 1.81 bits per heavy atom. The minimum atomic E-state index is -3.56. The molecule has 0 saturated heterocycles. The molecule has 0 aliphatic heterocycles. The van der Waals surface area contributed by atoms with Crippen molar-refractivity contribution in [1.82, 2.24) is 4.72 Å². The molecule has 0 amide bonds. The van der Waals surface area contributed by atoms with Gasteiger partial charge in [0.1, 0.15) is 0 Å². The van der Waals surface area contributed by atoms with Crippen LogP contribution in [0.5, 0.6) is 0 Å². The van der Waals surface area contributed by atoms with Crippen molar-refractivity contribution in [2.24, 2.45) is 5.92 Å². The third kappa shape index (κ3) is 6.70. The van der Waals surface area contributed by atoms with Gasteiger partial charge < -0.3 is 10.2 Å². The Bertz CT molecular complexity index is 566. The van der Waals surface area contributed by atoms with Crippen LogP contribution in [0, 0.1) is 5.92 Å². The molecule has 118 valence electrons. The third-order valence-electron chi connectivity index (χ3n) is 2.84. The van der Waals surface area contributed by atoms with Crippen molar-refractivity contribution in [3.63, 3.8) is 0 Å². The van der Waals surface area contributed by atoms with Crippen molar-refractivity contribution < 1.29 is 23.4 Å². The van der Waals surface area contributed by atoms with E-state index in [1.54, 1.807) is 0 Å².